The van der Waals surface area contributed by atoms with Crippen molar-refractivity contribution in [2.45, 2.75) is 19.4 Å². The molecule has 7 heteroatoms. The smallest absolute Gasteiger partial charge is 0.246 e. The van der Waals surface area contributed by atoms with E-state index in [4.69, 9.17) is 4.52 Å². The van der Waals surface area contributed by atoms with Gasteiger partial charge in [0.2, 0.25) is 17.6 Å². The van der Waals surface area contributed by atoms with Crippen LogP contribution < -0.4 is 5.32 Å². The van der Waals surface area contributed by atoms with Gasteiger partial charge in [-0.05, 0) is 37.4 Å². The van der Waals surface area contributed by atoms with Gasteiger partial charge in [-0.15, -0.1) is 11.3 Å². The van der Waals surface area contributed by atoms with Crippen LogP contribution in [0, 0.1) is 5.92 Å². The molecule has 1 aliphatic heterocycles. The van der Waals surface area contributed by atoms with Crippen LogP contribution in [0.2, 0.25) is 0 Å². The van der Waals surface area contributed by atoms with E-state index in [0.29, 0.717) is 18.3 Å². The molecule has 3 rings (SSSR count). The van der Waals surface area contributed by atoms with Gasteiger partial charge in [0.25, 0.3) is 0 Å². The molecule has 3 heterocycles. The highest BCUT2D eigenvalue weighted by atomic mass is 32.1. The number of piperidine rings is 1. The zero-order valence-corrected chi connectivity index (χ0v) is 12.7. The van der Waals surface area contributed by atoms with Crippen molar-refractivity contribution in [3.8, 4) is 10.7 Å². The Hall–Kier alpha value is -1.73. The highest BCUT2D eigenvalue weighted by Gasteiger charge is 2.25. The molecule has 6 nitrogen and oxygen atoms in total. The first kappa shape index (κ1) is 14.2. The first-order valence-corrected chi connectivity index (χ1v) is 7.94. The van der Waals surface area contributed by atoms with E-state index in [1.54, 1.807) is 23.3 Å². The summed E-state index contributed by atoms with van der Waals surface area (Å²) in [6.45, 7) is 2.18. The molecule has 0 saturated carbocycles. The molecule has 0 aliphatic carbocycles. The minimum Gasteiger partial charge on any atom is -0.337 e. The van der Waals surface area contributed by atoms with Crippen LogP contribution in [0.5, 0.6) is 0 Å². The number of carbonyl (C=O) groups excluding carboxylic acids is 1. The Morgan fingerprint density at radius 1 is 1.52 bits per heavy atom. The monoisotopic (exact) mass is 306 g/mol. The molecule has 2 aromatic rings. The van der Waals surface area contributed by atoms with E-state index in [9.17, 15) is 4.79 Å². The van der Waals surface area contributed by atoms with Crippen LogP contribution >= 0.6 is 11.3 Å². The Morgan fingerprint density at radius 3 is 3.05 bits per heavy atom. The lowest BCUT2D eigenvalue weighted by atomic mass is 9.97. The van der Waals surface area contributed by atoms with Gasteiger partial charge in [0.1, 0.15) is 0 Å². The van der Waals surface area contributed by atoms with Crippen LogP contribution in [0.4, 0.5) is 0 Å². The molecule has 1 N–H and O–H groups in total. The van der Waals surface area contributed by atoms with Gasteiger partial charge < -0.3 is 14.7 Å². The van der Waals surface area contributed by atoms with Crippen LogP contribution in [-0.4, -0.2) is 41.1 Å². The number of amides is 1. The summed E-state index contributed by atoms with van der Waals surface area (Å²) in [6.07, 6.45) is 1.79. The second kappa shape index (κ2) is 6.36. The second-order valence-electron chi connectivity index (χ2n) is 5.21. The lowest BCUT2D eigenvalue weighted by Gasteiger charge is -2.26. The van der Waals surface area contributed by atoms with Crippen LogP contribution in [0.3, 0.4) is 0 Å². The van der Waals surface area contributed by atoms with Crippen molar-refractivity contribution in [2.24, 2.45) is 5.92 Å². The average Bonchev–Trinajstić information content (AvgIpc) is 3.18. The molecule has 1 saturated heterocycles. The Balaban J connectivity index is 1.62. The lowest BCUT2D eigenvalue weighted by Crippen LogP contribution is -2.38. The number of hydrogen-bond donors (Lipinski definition) is 1. The molecule has 2 aromatic heterocycles. The molecule has 1 amide bonds. The summed E-state index contributed by atoms with van der Waals surface area (Å²) >= 11 is 1.56. The van der Waals surface area contributed by atoms with Gasteiger partial charge in [0.15, 0.2) is 0 Å². The Bertz CT molecular complexity index is 590. The summed E-state index contributed by atoms with van der Waals surface area (Å²) in [5, 5.41) is 9.20. The number of carbonyl (C=O) groups is 1. The molecule has 0 spiro atoms. The maximum Gasteiger partial charge on any atom is 0.246 e. The van der Waals surface area contributed by atoms with Gasteiger partial charge in [0.05, 0.1) is 11.4 Å². The third kappa shape index (κ3) is 3.30. The van der Waals surface area contributed by atoms with Crippen LogP contribution in [0.25, 0.3) is 10.7 Å². The minimum atomic E-state index is 0.107. The van der Waals surface area contributed by atoms with Gasteiger partial charge in [-0.25, -0.2) is 0 Å². The van der Waals surface area contributed by atoms with Gasteiger partial charge >= 0.3 is 0 Å². The van der Waals surface area contributed by atoms with E-state index in [1.165, 1.54) is 0 Å². The molecule has 0 radical (unpaired) electrons. The zero-order valence-electron chi connectivity index (χ0n) is 11.9. The first-order chi connectivity index (χ1) is 10.2. The quantitative estimate of drug-likeness (QED) is 0.932. The normalized spacial score (nSPS) is 16.0. The first-order valence-electron chi connectivity index (χ1n) is 7.06. The zero-order chi connectivity index (χ0) is 14.7. The fourth-order valence-corrected chi connectivity index (χ4v) is 3.14. The third-order valence-electron chi connectivity index (χ3n) is 3.65. The molecule has 0 atom stereocenters. The van der Waals surface area contributed by atoms with E-state index in [2.05, 4.69) is 15.5 Å². The SMILES string of the molecule is CN(Cc1nc(-c2cccs2)no1)C(=O)C1CCNCC1. The van der Waals surface area contributed by atoms with E-state index in [0.717, 1.165) is 30.8 Å². The van der Waals surface area contributed by atoms with Crippen molar-refractivity contribution in [3.05, 3.63) is 23.4 Å². The van der Waals surface area contributed by atoms with E-state index >= 15 is 0 Å². The molecule has 1 aliphatic rings. The van der Waals surface area contributed by atoms with Crippen LogP contribution in [0.1, 0.15) is 18.7 Å². The van der Waals surface area contributed by atoms with E-state index in [1.807, 2.05) is 17.5 Å². The molecule has 0 unspecified atom stereocenters. The maximum atomic E-state index is 12.3. The molecule has 1 fully saturated rings. The van der Waals surface area contributed by atoms with Gasteiger partial charge in [-0.2, -0.15) is 4.98 Å². The minimum absolute atomic E-state index is 0.107. The molecule has 0 bridgehead atoms. The van der Waals surface area contributed by atoms with Gasteiger partial charge in [0, 0.05) is 13.0 Å². The summed E-state index contributed by atoms with van der Waals surface area (Å²) in [6, 6.07) is 3.89. The maximum absolute atomic E-state index is 12.3. The molecule has 0 aromatic carbocycles. The number of hydrogen-bond acceptors (Lipinski definition) is 6. The number of nitrogens with zero attached hydrogens (tertiary/aromatic N) is 3. The van der Waals surface area contributed by atoms with Gasteiger partial charge in [-0.3, -0.25) is 4.79 Å². The summed E-state index contributed by atoms with van der Waals surface area (Å²) in [7, 11) is 1.79. The van der Waals surface area contributed by atoms with E-state index in [-0.39, 0.29) is 11.8 Å². The van der Waals surface area contributed by atoms with Crippen molar-refractivity contribution in [3.63, 3.8) is 0 Å². The highest BCUT2D eigenvalue weighted by molar-refractivity contribution is 7.13. The number of nitrogens with one attached hydrogen (secondary N) is 1. The Morgan fingerprint density at radius 2 is 2.33 bits per heavy atom. The molecule has 112 valence electrons. The fourth-order valence-electron chi connectivity index (χ4n) is 2.49. The summed E-state index contributed by atoms with van der Waals surface area (Å²) in [4.78, 5) is 19.3. The predicted molar refractivity (Wildman–Crippen MR) is 79.7 cm³/mol. The number of aromatic nitrogens is 2. The topological polar surface area (TPSA) is 71.3 Å². The Kier molecular flexibility index (Phi) is 4.31. The number of thiophene rings is 1. The Labute approximate surface area is 127 Å². The summed E-state index contributed by atoms with van der Waals surface area (Å²) < 4.78 is 5.24. The standard InChI is InChI=1S/C14H18N4O2S/c1-18(14(19)10-4-6-15-7-5-10)9-12-16-13(17-20-12)11-3-2-8-21-11/h2-3,8,10,15H,4-7,9H2,1H3. The third-order valence-corrected chi connectivity index (χ3v) is 4.51. The molecular formula is C14H18N4O2S. The molecule has 21 heavy (non-hydrogen) atoms. The van der Waals surface area contributed by atoms with Crippen molar-refractivity contribution in [2.75, 3.05) is 20.1 Å². The molecular weight excluding hydrogens is 288 g/mol. The predicted octanol–water partition coefficient (Wildman–Crippen LogP) is 1.76. The lowest BCUT2D eigenvalue weighted by molar-refractivity contribution is -0.135. The summed E-state index contributed by atoms with van der Waals surface area (Å²) in [5.74, 6) is 1.33. The highest BCUT2D eigenvalue weighted by Crippen LogP contribution is 2.22. The largest absolute Gasteiger partial charge is 0.337 e. The summed E-state index contributed by atoms with van der Waals surface area (Å²) in [5.41, 5.74) is 0. The van der Waals surface area contributed by atoms with Crippen molar-refractivity contribution in [1.82, 2.24) is 20.4 Å². The second-order valence-corrected chi connectivity index (χ2v) is 6.16. The van der Waals surface area contributed by atoms with Crippen LogP contribution in [0.15, 0.2) is 22.0 Å². The van der Waals surface area contributed by atoms with Crippen LogP contribution in [-0.2, 0) is 11.3 Å². The average molecular weight is 306 g/mol. The van der Waals surface area contributed by atoms with Crippen molar-refractivity contribution >= 4 is 17.2 Å². The number of rotatable bonds is 4. The van der Waals surface area contributed by atoms with Gasteiger partial charge in [-0.1, -0.05) is 11.2 Å². The van der Waals surface area contributed by atoms with E-state index < -0.39 is 0 Å². The van der Waals surface area contributed by atoms with Crippen molar-refractivity contribution < 1.29 is 9.32 Å². The fraction of sp³-hybridized carbons (Fsp3) is 0.500. The van der Waals surface area contributed by atoms with Crippen molar-refractivity contribution in [1.29, 1.82) is 0 Å².